The number of aromatic amines is 1. The molecule has 122 valence electrons. The van der Waals surface area contributed by atoms with E-state index in [1.54, 1.807) is 6.92 Å². The van der Waals surface area contributed by atoms with E-state index < -0.39 is 18.2 Å². The van der Waals surface area contributed by atoms with Gasteiger partial charge in [-0.05, 0) is 47.9 Å². The number of amides is 1. The lowest BCUT2D eigenvalue weighted by molar-refractivity contribution is -0.153. The van der Waals surface area contributed by atoms with Crippen LogP contribution in [0.4, 0.5) is 0 Å². The van der Waals surface area contributed by atoms with E-state index in [9.17, 15) is 9.59 Å². The fraction of sp³-hybridized carbons (Fsp3) is 0.412. The van der Waals surface area contributed by atoms with Crippen LogP contribution in [0.3, 0.4) is 0 Å². The highest BCUT2D eigenvalue weighted by Crippen LogP contribution is 2.26. The quantitative estimate of drug-likeness (QED) is 0.783. The van der Waals surface area contributed by atoms with Gasteiger partial charge in [-0.15, -0.1) is 0 Å². The summed E-state index contributed by atoms with van der Waals surface area (Å²) in [5.41, 5.74) is 2.23. The minimum absolute atomic E-state index is 0.153. The zero-order chi connectivity index (χ0) is 16.4. The van der Waals surface area contributed by atoms with Crippen LogP contribution in [0.5, 0.6) is 0 Å². The van der Waals surface area contributed by atoms with Crippen molar-refractivity contribution < 1.29 is 19.4 Å². The number of carboxylic acid groups (broad SMARTS) is 1. The number of hydrogen-bond acceptors (Lipinski definition) is 3. The Morgan fingerprint density at radius 2 is 2.22 bits per heavy atom. The van der Waals surface area contributed by atoms with Crippen molar-refractivity contribution in [1.29, 1.82) is 0 Å². The van der Waals surface area contributed by atoms with E-state index in [0.717, 1.165) is 22.9 Å². The molecule has 2 heterocycles. The Hall–Kier alpha value is -2.34. The smallest absolute Gasteiger partial charge is 0.333 e. The van der Waals surface area contributed by atoms with E-state index in [4.69, 9.17) is 9.84 Å². The summed E-state index contributed by atoms with van der Waals surface area (Å²) in [6.45, 7) is 2.29. The van der Waals surface area contributed by atoms with Crippen LogP contribution in [-0.4, -0.2) is 40.7 Å². The fourth-order valence-corrected chi connectivity index (χ4v) is 3.00. The summed E-state index contributed by atoms with van der Waals surface area (Å²) >= 11 is 0. The highest BCUT2D eigenvalue weighted by atomic mass is 16.5. The van der Waals surface area contributed by atoms with Crippen molar-refractivity contribution in [2.45, 2.75) is 32.0 Å². The molecule has 1 amide bonds. The van der Waals surface area contributed by atoms with Gasteiger partial charge in [-0.2, -0.15) is 0 Å². The molecule has 1 saturated heterocycles. The monoisotopic (exact) mass is 316 g/mol. The number of aliphatic carboxylic acids is 1. The van der Waals surface area contributed by atoms with Gasteiger partial charge in [0.1, 0.15) is 6.10 Å². The Kier molecular flexibility index (Phi) is 4.34. The molecule has 1 aromatic heterocycles. The van der Waals surface area contributed by atoms with Crippen molar-refractivity contribution in [3.8, 4) is 0 Å². The molecular formula is C17H20N2O4. The van der Waals surface area contributed by atoms with Gasteiger partial charge in [-0.3, -0.25) is 4.79 Å². The van der Waals surface area contributed by atoms with E-state index in [2.05, 4.69) is 16.4 Å². The number of aromatic nitrogens is 1. The van der Waals surface area contributed by atoms with Crippen molar-refractivity contribution >= 4 is 22.8 Å². The third-order valence-corrected chi connectivity index (χ3v) is 4.28. The third kappa shape index (κ3) is 3.37. The average molecular weight is 316 g/mol. The van der Waals surface area contributed by atoms with Crippen LogP contribution in [0.25, 0.3) is 10.9 Å². The molecule has 3 N–H and O–H groups in total. The maximum absolute atomic E-state index is 12.1. The topological polar surface area (TPSA) is 91.4 Å². The second-order valence-corrected chi connectivity index (χ2v) is 6.04. The second kappa shape index (κ2) is 6.42. The van der Waals surface area contributed by atoms with Gasteiger partial charge in [0.15, 0.2) is 6.10 Å². The molecule has 23 heavy (non-hydrogen) atoms. The zero-order valence-electron chi connectivity index (χ0n) is 12.9. The Bertz CT molecular complexity index is 724. The van der Waals surface area contributed by atoms with E-state index >= 15 is 0 Å². The SMILES string of the molecule is C[C@@H]1C[C@H](C(=O)NCCc2ccc3[nH]ccc3c2)O[C@H]1C(=O)O. The predicted octanol–water partition coefficient (Wildman–Crippen LogP) is 1.70. The molecule has 1 aliphatic heterocycles. The molecule has 0 radical (unpaired) electrons. The molecule has 0 spiro atoms. The molecule has 0 bridgehead atoms. The van der Waals surface area contributed by atoms with Gasteiger partial charge in [0.25, 0.3) is 0 Å². The first-order valence-corrected chi connectivity index (χ1v) is 7.76. The number of carbonyl (C=O) groups excluding carboxylic acids is 1. The van der Waals surface area contributed by atoms with Gasteiger partial charge in [0, 0.05) is 18.3 Å². The summed E-state index contributed by atoms with van der Waals surface area (Å²) in [4.78, 5) is 26.2. The van der Waals surface area contributed by atoms with E-state index in [1.807, 2.05) is 24.4 Å². The van der Waals surface area contributed by atoms with Gasteiger partial charge in [-0.1, -0.05) is 13.0 Å². The maximum atomic E-state index is 12.1. The molecule has 6 heteroatoms. The van der Waals surface area contributed by atoms with Gasteiger partial charge in [-0.25, -0.2) is 4.79 Å². The molecule has 1 aromatic carbocycles. The number of benzene rings is 1. The van der Waals surface area contributed by atoms with Crippen LogP contribution in [0.15, 0.2) is 30.5 Å². The summed E-state index contributed by atoms with van der Waals surface area (Å²) in [7, 11) is 0. The first-order valence-electron chi connectivity index (χ1n) is 7.76. The lowest BCUT2D eigenvalue weighted by Crippen LogP contribution is -2.36. The number of H-pyrrole nitrogens is 1. The molecule has 1 aliphatic rings. The molecule has 1 fully saturated rings. The van der Waals surface area contributed by atoms with Gasteiger partial charge in [0.05, 0.1) is 0 Å². The largest absolute Gasteiger partial charge is 0.479 e. The summed E-state index contributed by atoms with van der Waals surface area (Å²) in [6, 6.07) is 8.15. The van der Waals surface area contributed by atoms with Crippen LogP contribution >= 0.6 is 0 Å². The van der Waals surface area contributed by atoms with Crippen LogP contribution in [-0.2, 0) is 20.7 Å². The Morgan fingerprint density at radius 3 is 2.96 bits per heavy atom. The molecule has 3 rings (SSSR count). The van der Waals surface area contributed by atoms with Crippen molar-refractivity contribution in [2.24, 2.45) is 5.92 Å². The molecule has 3 atom stereocenters. The zero-order valence-corrected chi connectivity index (χ0v) is 12.9. The second-order valence-electron chi connectivity index (χ2n) is 6.04. The lowest BCUT2D eigenvalue weighted by atomic mass is 10.0. The Labute approximate surface area is 133 Å². The highest BCUT2D eigenvalue weighted by Gasteiger charge is 2.40. The number of fused-ring (bicyclic) bond motifs is 1. The average Bonchev–Trinajstić information content (AvgIpc) is 3.12. The molecule has 0 saturated carbocycles. The number of ether oxygens (including phenoxy) is 1. The highest BCUT2D eigenvalue weighted by molar-refractivity contribution is 5.83. The van der Waals surface area contributed by atoms with Gasteiger partial charge >= 0.3 is 5.97 Å². The third-order valence-electron chi connectivity index (χ3n) is 4.28. The number of carboxylic acids is 1. The number of carbonyl (C=O) groups is 2. The van der Waals surface area contributed by atoms with Crippen LogP contribution in [0.1, 0.15) is 18.9 Å². The van der Waals surface area contributed by atoms with E-state index in [1.165, 1.54) is 0 Å². The molecule has 0 unspecified atom stereocenters. The molecule has 0 aliphatic carbocycles. The van der Waals surface area contributed by atoms with Crippen LogP contribution in [0.2, 0.25) is 0 Å². The summed E-state index contributed by atoms with van der Waals surface area (Å²) < 4.78 is 5.33. The Morgan fingerprint density at radius 1 is 1.39 bits per heavy atom. The first kappa shape index (κ1) is 15.6. The molecule has 6 nitrogen and oxygen atoms in total. The number of nitrogens with one attached hydrogen (secondary N) is 2. The van der Waals surface area contributed by atoms with Crippen LogP contribution < -0.4 is 5.32 Å². The maximum Gasteiger partial charge on any atom is 0.333 e. The van der Waals surface area contributed by atoms with E-state index in [-0.39, 0.29) is 11.8 Å². The number of hydrogen-bond donors (Lipinski definition) is 3. The summed E-state index contributed by atoms with van der Waals surface area (Å²) in [5.74, 6) is -1.39. The Balaban J connectivity index is 1.50. The molecular weight excluding hydrogens is 296 g/mol. The predicted molar refractivity (Wildman–Crippen MR) is 85.1 cm³/mol. The normalized spacial score (nSPS) is 24.0. The van der Waals surface area contributed by atoms with E-state index in [0.29, 0.717) is 13.0 Å². The van der Waals surface area contributed by atoms with Gasteiger partial charge in [0.2, 0.25) is 5.91 Å². The van der Waals surface area contributed by atoms with Gasteiger partial charge < -0.3 is 20.1 Å². The minimum Gasteiger partial charge on any atom is -0.479 e. The standard InChI is InChI=1S/C17H20N2O4/c1-10-8-14(23-15(10)17(21)22)16(20)19-6-4-11-2-3-13-12(9-11)5-7-18-13/h2-3,5,7,9-10,14-15,18H,4,6,8H2,1H3,(H,19,20)(H,21,22)/t10-,14-,15-/m1/s1. The van der Waals surface area contributed by atoms with Crippen molar-refractivity contribution in [1.82, 2.24) is 10.3 Å². The molecule has 2 aromatic rings. The van der Waals surface area contributed by atoms with Crippen molar-refractivity contribution in [3.63, 3.8) is 0 Å². The van der Waals surface area contributed by atoms with Crippen molar-refractivity contribution in [2.75, 3.05) is 6.54 Å². The summed E-state index contributed by atoms with van der Waals surface area (Å²) in [6.07, 6.45) is 1.50. The van der Waals surface area contributed by atoms with Crippen molar-refractivity contribution in [3.05, 3.63) is 36.0 Å². The number of rotatable bonds is 5. The fourth-order valence-electron chi connectivity index (χ4n) is 3.00. The van der Waals surface area contributed by atoms with Crippen LogP contribution in [0, 0.1) is 5.92 Å². The summed E-state index contributed by atoms with van der Waals surface area (Å²) in [5, 5.41) is 13.0. The lowest BCUT2D eigenvalue weighted by Gasteiger charge is -2.12. The first-order chi connectivity index (χ1) is 11.0. The minimum atomic E-state index is -1.01.